The first-order valence-corrected chi connectivity index (χ1v) is 5.53. The highest BCUT2D eigenvalue weighted by Gasteiger charge is 2.16. The van der Waals surface area contributed by atoms with Crippen LogP contribution < -0.4 is 0 Å². The zero-order valence-electron chi connectivity index (χ0n) is 9.41. The Morgan fingerprint density at radius 2 is 2.07 bits per heavy atom. The molecule has 0 N–H and O–H groups in total. The first-order valence-electron chi connectivity index (χ1n) is 5.53. The Labute approximate surface area is 87.1 Å². The van der Waals surface area contributed by atoms with Crippen molar-refractivity contribution < 1.29 is 4.79 Å². The molecule has 0 unspecified atom stereocenters. The lowest BCUT2D eigenvalue weighted by molar-refractivity contribution is -0.108. The van der Waals surface area contributed by atoms with Gasteiger partial charge < -0.3 is 9.69 Å². The summed E-state index contributed by atoms with van der Waals surface area (Å²) in [5.41, 5.74) is 0. The summed E-state index contributed by atoms with van der Waals surface area (Å²) in [6, 6.07) is 0. The van der Waals surface area contributed by atoms with Gasteiger partial charge in [0.25, 0.3) is 0 Å². The maximum absolute atomic E-state index is 10.3. The fraction of sp³-hybridized carbons (Fsp3) is 0.909. The van der Waals surface area contributed by atoms with Gasteiger partial charge in [-0.25, -0.2) is 0 Å². The molecule has 1 saturated heterocycles. The van der Waals surface area contributed by atoms with Crippen molar-refractivity contribution in [2.45, 2.75) is 19.3 Å². The van der Waals surface area contributed by atoms with Gasteiger partial charge in [-0.2, -0.15) is 0 Å². The van der Waals surface area contributed by atoms with Gasteiger partial charge >= 0.3 is 0 Å². The number of carbonyl (C=O) groups is 1. The monoisotopic (exact) mass is 198 g/mol. The Kier molecular flexibility index (Phi) is 5.12. The van der Waals surface area contributed by atoms with Crippen molar-refractivity contribution in [3.8, 4) is 0 Å². The Hall–Kier alpha value is -0.410. The van der Waals surface area contributed by atoms with Crippen LogP contribution in [0.2, 0.25) is 0 Å². The minimum absolute atomic E-state index is 0.576. The molecule has 14 heavy (non-hydrogen) atoms. The molecule has 0 aromatic carbocycles. The molecule has 1 aliphatic rings. The van der Waals surface area contributed by atoms with Crippen molar-refractivity contribution in [1.29, 1.82) is 0 Å². The Morgan fingerprint density at radius 3 is 2.64 bits per heavy atom. The normalized spacial score (nSPS) is 20.2. The van der Waals surface area contributed by atoms with Gasteiger partial charge in [0.1, 0.15) is 6.29 Å². The van der Waals surface area contributed by atoms with Crippen LogP contribution in [0, 0.1) is 5.92 Å². The maximum atomic E-state index is 10.3. The summed E-state index contributed by atoms with van der Waals surface area (Å²) in [7, 11) is 4.21. The van der Waals surface area contributed by atoms with Crippen molar-refractivity contribution in [2.24, 2.45) is 5.92 Å². The number of rotatable bonds is 5. The van der Waals surface area contributed by atoms with E-state index in [1.165, 1.54) is 32.4 Å². The lowest BCUT2D eigenvalue weighted by atomic mass is 9.94. The molecule has 0 aromatic rings. The molecular formula is C11H22N2O. The van der Waals surface area contributed by atoms with E-state index in [9.17, 15) is 4.79 Å². The van der Waals surface area contributed by atoms with Crippen LogP contribution in [-0.2, 0) is 4.79 Å². The number of carbonyl (C=O) groups excluding carboxylic acids is 1. The van der Waals surface area contributed by atoms with Crippen LogP contribution in [0.5, 0.6) is 0 Å². The van der Waals surface area contributed by atoms with Gasteiger partial charge in [0.2, 0.25) is 0 Å². The molecule has 0 radical (unpaired) electrons. The first-order chi connectivity index (χ1) is 6.72. The van der Waals surface area contributed by atoms with E-state index in [1.54, 1.807) is 0 Å². The number of aldehydes is 1. The molecule has 82 valence electrons. The molecule has 1 fully saturated rings. The predicted octanol–water partition coefficient (Wildman–Crippen LogP) is 0.849. The lowest BCUT2D eigenvalue weighted by Crippen LogP contribution is -2.32. The third kappa shape index (κ3) is 4.20. The van der Waals surface area contributed by atoms with Gasteiger partial charge in [0.05, 0.1) is 6.54 Å². The fourth-order valence-electron chi connectivity index (χ4n) is 1.97. The molecule has 0 spiro atoms. The molecule has 1 rings (SSSR count). The molecule has 0 saturated carbocycles. The second-order valence-electron chi connectivity index (χ2n) is 4.46. The molecule has 0 bridgehead atoms. The average molecular weight is 198 g/mol. The summed E-state index contributed by atoms with van der Waals surface area (Å²) in [5, 5.41) is 0. The van der Waals surface area contributed by atoms with E-state index in [0.29, 0.717) is 6.54 Å². The fourth-order valence-corrected chi connectivity index (χ4v) is 1.97. The van der Waals surface area contributed by atoms with Crippen LogP contribution in [0.15, 0.2) is 0 Å². The number of hydrogen-bond donors (Lipinski definition) is 0. The first kappa shape index (κ1) is 11.7. The summed E-state index contributed by atoms with van der Waals surface area (Å²) < 4.78 is 0. The molecule has 0 aliphatic carbocycles. The van der Waals surface area contributed by atoms with Crippen molar-refractivity contribution >= 4 is 6.29 Å². The van der Waals surface area contributed by atoms with Crippen LogP contribution in [0.25, 0.3) is 0 Å². The van der Waals surface area contributed by atoms with Crippen molar-refractivity contribution in [3.05, 3.63) is 0 Å². The van der Waals surface area contributed by atoms with E-state index in [4.69, 9.17) is 0 Å². The minimum Gasteiger partial charge on any atom is -0.306 e. The van der Waals surface area contributed by atoms with E-state index < -0.39 is 0 Å². The highest BCUT2D eigenvalue weighted by atomic mass is 16.1. The zero-order valence-corrected chi connectivity index (χ0v) is 9.41. The van der Waals surface area contributed by atoms with Crippen molar-refractivity contribution in [3.63, 3.8) is 0 Å². The van der Waals surface area contributed by atoms with Gasteiger partial charge in [-0.05, 0) is 58.9 Å². The number of nitrogens with zero attached hydrogens (tertiary/aromatic N) is 2. The summed E-state index contributed by atoms with van der Waals surface area (Å²) in [4.78, 5) is 14.8. The minimum atomic E-state index is 0.576. The predicted molar refractivity (Wildman–Crippen MR) is 58.4 cm³/mol. The van der Waals surface area contributed by atoms with E-state index in [0.717, 1.165) is 18.7 Å². The quantitative estimate of drug-likeness (QED) is 0.612. The van der Waals surface area contributed by atoms with Crippen molar-refractivity contribution in [1.82, 2.24) is 9.80 Å². The Bertz CT molecular complexity index is 165. The molecule has 3 heteroatoms. The van der Waals surface area contributed by atoms with Gasteiger partial charge in [-0.15, -0.1) is 0 Å². The SMILES string of the molecule is CN(CC=O)CCC1CCN(C)CC1. The summed E-state index contributed by atoms with van der Waals surface area (Å²) in [6.07, 6.45) is 4.88. The third-order valence-electron chi connectivity index (χ3n) is 3.14. The second-order valence-corrected chi connectivity index (χ2v) is 4.46. The Balaban J connectivity index is 2.09. The number of likely N-dealkylation sites (N-methyl/N-ethyl adjacent to an activating group) is 1. The van der Waals surface area contributed by atoms with Crippen LogP contribution in [0.4, 0.5) is 0 Å². The highest BCUT2D eigenvalue weighted by molar-refractivity contribution is 5.51. The van der Waals surface area contributed by atoms with E-state index >= 15 is 0 Å². The van der Waals surface area contributed by atoms with Crippen LogP contribution in [0.1, 0.15) is 19.3 Å². The molecule has 1 aliphatic heterocycles. The van der Waals surface area contributed by atoms with Gasteiger partial charge in [-0.3, -0.25) is 4.90 Å². The van der Waals surface area contributed by atoms with Crippen molar-refractivity contribution in [2.75, 3.05) is 40.3 Å². The van der Waals surface area contributed by atoms with Crippen LogP contribution in [0.3, 0.4) is 0 Å². The number of piperidine rings is 1. The standard InChI is InChI=1S/C11H22N2O/c1-12-6-3-11(4-7-12)5-8-13(2)9-10-14/h10-11H,3-9H2,1-2H3. The summed E-state index contributed by atoms with van der Waals surface area (Å²) in [5.74, 6) is 0.875. The molecule has 1 heterocycles. The Morgan fingerprint density at radius 1 is 1.43 bits per heavy atom. The molecule has 3 nitrogen and oxygen atoms in total. The highest BCUT2D eigenvalue weighted by Crippen LogP contribution is 2.19. The average Bonchev–Trinajstić information content (AvgIpc) is 2.17. The van der Waals surface area contributed by atoms with Gasteiger partial charge in [0.15, 0.2) is 0 Å². The van der Waals surface area contributed by atoms with E-state index in [-0.39, 0.29) is 0 Å². The smallest absolute Gasteiger partial charge is 0.133 e. The van der Waals surface area contributed by atoms with Crippen LogP contribution >= 0.6 is 0 Å². The molecule has 0 aromatic heterocycles. The largest absolute Gasteiger partial charge is 0.306 e. The third-order valence-corrected chi connectivity index (χ3v) is 3.14. The summed E-state index contributed by atoms with van der Waals surface area (Å²) in [6.45, 7) is 4.11. The number of hydrogen-bond acceptors (Lipinski definition) is 3. The van der Waals surface area contributed by atoms with E-state index in [1.807, 2.05) is 7.05 Å². The number of likely N-dealkylation sites (tertiary alicyclic amines) is 1. The second kappa shape index (κ2) is 6.14. The van der Waals surface area contributed by atoms with Crippen LogP contribution in [-0.4, -0.2) is 56.4 Å². The van der Waals surface area contributed by atoms with E-state index in [2.05, 4.69) is 16.8 Å². The topological polar surface area (TPSA) is 23.6 Å². The zero-order chi connectivity index (χ0) is 10.4. The van der Waals surface area contributed by atoms with Gasteiger partial charge in [0, 0.05) is 0 Å². The molecule has 0 amide bonds. The maximum Gasteiger partial charge on any atom is 0.133 e. The molecule has 0 atom stereocenters. The summed E-state index contributed by atoms with van der Waals surface area (Å²) >= 11 is 0. The molecular weight excluding hydrogens is 176 g/mol. The van der Waals surface area contributed by atoms with Gasteiger partial charge in [-0.1, -0.05) is 0 Å². The lowest BCUT2D eigenvalue weighted by Gasteiger charge is -2.29.